The Balaban J connectivity index is 1.96. The first-order chi connectivity index (χ1) is 8.31. The molecule has 0 radical (unpaired) electrons. The Morgan fingerprint density at radius 2 is 2.12 bits per heavy atom. The lowest BCUT2D eigenvalue weighted by atomic mass is 10.3. The van der Waals surface area contributed by atoms with E-state index in [9.17, 15) is 0 Å². The van der Waals surface area contributed by atoms with Crippen molar-refractivity contribution in [1.29, 1.82) is 0 Å². The first kappa shape index (κ1) is 11.8. The Bertz CT molecular complexity index is 482. The summed E-state index contributed by atoms with van der Waals surface area (Å²) < 4.78 is 0. The van der Waals surface area contributed by atoms with Gasteiger partial charge >= 0.3 is 0 Å². The Morgan fingerprint density at radius 1 is 1.29 bits per heavy atom. The number of thiophene rings is 1. The van der Waals surface area contributed by atoms with Crippen LogP contribution in [0.5, 0.6) is 0 Å². The number of hydrogen-bond acceptors (Lipinski definition) is 6. The molecule has 17 heavy (non-hydrogen) atoms. The van der Waals surface area contributed by atoms with Crippen LogP contribution in [-0.2, 0) is 13.0 Å². The minimum Gasteiger partial charge on any atom is -0.365 e. The first-order valence-electron chi connectivity index (χ1n) is 5.43. The molecule has 2 heterocycles. The second-order valence-corrected chi connectivity index (χ2v) is 4.74. The number of nitrogens with zero attached hydrogens (tertiary/aromatic N) is 2. The molecule has 2 aromatic rings. The van der Waals surface area contributed by atoms with Crippen molar-refractivity contribution < 1.29 is 0 Å². The van der Waals surface area contributed by atoms with Crippen molar-refractivity contribution in [2.75, 3.05) is 10.7 Å². The zero-order valence-electron chi connectivity index (χ0n) is 9.60. The molecule has 5 nitrogen and oxygen atoms in total. The molecule has 6 heteroatoms. The predicted octanol–water partition coefficient (Wildman–Crippen LogP) is 2.00. The van der Waals surface area contributed by atoms with Gasteiger partial charge < -0.3 is 5.32 Å². The van der Waals surface area contributed by atoms with Crippen LogP contribution in [-0.4, -0.2) is 9.97 Å². The monoisotopic (exact) mass is 249 g/mol. The fraction of sp³-hybridized carbons (Fsp3) is 0.273. The van der Waals surface area contributed by atoms with Gasteiger partial charge in [-0.1, -0.05) is 6.92 Å². The zero-order valence-corrected chi connectivity index (χ0v) is 10.4. The van der Waals surface area contributed by atoms with Crippen LogP contribution in [0.25, 0.3) is 0 Å². The van der Waals surface area contributed by atoms with Gasteiger partial charge in [-0.3, -0.25) is 5.43 Å². The van der Waals surface area contributed by atoms with Crippen LogP contribution in [0.15, 0.2) is 24.4 Å². The van der Waals surface area contributed by atoms with Gasteiger partial charge in [-0.2, -0.15) is 4.98 Å². The lowest BCUT2D eigenvalue weighted by Crippen LogP contribution is -2.11. The molecule has 0 unspecified atom stereocenters. The number of nitrogen functional groups attached to an aromatic ring is 1. The third kappa shape index (κ3) is 3.15. The third-order valence-electron chi connectivity index (χ3n) is 2.29. The summed E-state index contributed by atoms with van der Waals surface area (Å²) >= 11 is 1.82. The summed E-state index contributed by atoms with van der Waals surface area (Å²) in [6.07, 6.45) is 2.75. The number of nitrogens with two attached hydrogens (primary N) is 1. The van der Waals surface area contributed by atoms with Gasteiger partial charge in [0.25, 0.3) is 0 Å². The summed E-state index contributed by atoms with van der Waals surface area (Å²) in [7, 11) is 0. The number of anilines is 2. The number of hydrazine groups is 1. The van der Waals surface area contributed by atoms with Crippen LogP contribution in [0.4, 0.5) is 11.8 Å². The summed E-state index contributed by atoms with van der Waals surface area (Å²) in [5.41, 5.74) is 2.42. The van der Waals surface area contributed by atoms with Crippen LogP contribution >= 0.6 is 11.3 Å². The molecular weight excluding hydrogens is 234 g/mol. The quantitative estimate of drug-likeness (QED) is 0.558. The van der Waals surface area contributed by atoms with Gasteiger partial charge in [-0.05, 0) is 24.6 Å². The Morgan fingerprint density at radius 3 is 2.82 bits per heavy atom. The average molecular weight is 249 g/mol. The highest BCUT2D eigenvalue weighted by atomic mass is 32.1. The third-order valence-corrected chi connectivity index (χ3v) is 3.52. The van der Waals surface area contributed by atoms with E-state index in [2.05, 4.69) is 39.8 Å². The van der Waals surface area contributed by atoms with Crippen molar-refractivity contribution in [2.24, 2.45) is 5.84 Å². The molecule has 90 valence electrons. The largest absolute Gasteiger partial charge is 0.365 e. The summed E-state index contributed by atoms with van der Waals surface area (Å²) in [4.78, 5) is 10.8. The van der Waals surface area contributed by atoms with Gasteiger partial charge in [0.05, 0.1) is 6.54 Å². The topological polar surface area (TPSA) is 75.9 Å². The lowest BCUT2D eigenvalue weighted by Gasteiger charge is -2.04. The van der Waals surface area contributed by atoms with Gasteiger partial charge in [-0.25, -0.2) is 10.8 Å². The molecule has 0 aromatic carbocycles. The van der Waals surface area contributed by atoms with E-state index in [0.29, 0.717) is 5.95 Å². The van der Waals surface area contributed by atoms with Crippen molar-refractivity contribution in [3.05, 3.63) is 34.2 Å². The van der Waals surface area contributed by atoms with E-state index in [1.54, 1.807) is 6.20 Å². The standard InChI is InChI=1S/C11H15N5S/c1-2-8-3-4-9(17-8)7-14-10-5-6-13-11(15-10)16-12/h3-6H,2,7,12H2,1H3,(H2,13,14,15,16). The van der Waals surface area contributed by atoms with E-state index in [4.69, 9.17) is 5.84 Å². The minimum atomic E-state index is 0.412. The van der Waals surface area contributed by atoms with E-state index in [0.717, 1.165) is 18.8 Å². The van der Waals surface area contributed by atoms with E-state index in [1.807, 2.05) is 17.4 Å². The SMILES string of the molecule is CCc1ccc(CNc2ccnc(NN)n2)s1. The molecule has 0 bridgehead atoms. The summed E-state index contributed by atoms with van der Waals surface area (Å²) in [5.74, 6) is 6.42. The maximum atomic E-state index is 5.25. The van der Waals surface area contributed by atoms with Gasteiger partial charge in [0.15, 0.2) is 0 Å². The van der Waals surface area contributed by atoms with E-state index in [-0.39, 0.29) is 0 Å². The minimum absolute atomic E-state index is 0.412. The molecule has 0 amide bonds. The van der Waals surface area contributed by atoms with Crippen LogP contribution in [0.3, 0.4) is 0 Å². The Hall–Kier alpha value is -1.66. The molecule has 2 aromatic heterocycles. The van der Waals surface area contributed by atoms with Crippen molar-refractivity contribution in [1.82, 2.24) is 9.97 Å². The summed E-state index contributed by atoms with van der Waals surface area (Å²) in [5, 5.41) is 3.24. The van der Waals surface area contributed by atoms with Crippen LogP contribution < -0.4 is 16.6 Å². The second-order valence-electron chi connectivity index (χ2n) is 3.48. The molecule has 0 spiro atoms. The Kier molecular flexibility index (Phi) is 3.89. The highest BCUT2D eigenvalue weighted by Gasteiger charge is 2.00. The van der Waals surface area contributed by atoms with Crippen molar-refractivity contribution in [3.8, 4) is 0 Å². The fourth-order valence-corrected chi connectivity index (χ4v) is 2.31. The maximum Gasteiger partial charge on any atom is 0.239 e. The zero-order chi connectivity index (χ0) is 12.1. The molecule has 0 aliphatic carbocycles. The second kappa shape index (κ2) is 5.60. The van der Waals surface area contributed by atoms with Crippen LogP contribution in [0.1, 0.15) is 16.7 Å². The molecular formula is C11H15N5S. The Labute approximate surface area is 104 Å². The molecule has 2 rings (SSSR count). The molecule has 0 aliphatic rings. The molecule has 0 aliphatic heterocycles. The molecule has 4 N–H and O–H groups in total. The van der Waals surface area contributed by atoms with E-state index in [1.165, 1.54) is 9.75 Å². The maximum absolute atomic E-state index is 5.25. The highest BCUT2D eigenvalue weighted by molar-refractivity contribution is 7.12. The smallest absolute Gasteiger partial charge is 0.239 e. The predicted molar refractivity (Wildman–Crippen MR) is 70.9 cm³/mol. The normalized spacial score (nSPS) is 10.2. The van der Waals surface area contributed by atoms with Crippen molar-refractivity contribution in [2.45, 2.75) is 19.9 Å². The van der Waals surface area contributed by atoms with Gasteiger partial charge in [0.1, 0.15) is 5.82 Å². The van der Waals surface area contributed by atoms with E-state index >= 15 is 0 Å². The van der Waals surface area contributed by atoms with Crippen molar-refractivity contribution in [3.63, 3.8) is 0 Å². The average Bonchev–Trinajstić information content (AvgIpc) is 2.84. The van der Waals surface area contributed by atoms with Gasteiger partial charge in [-0.15, -0.1) is 11.3 Å². The molecule has 0 atom stereocenters. The number of hydrogen-bond donors (Lipinski definition) is 3. The fourth-order valence-electron chi connectivity index (χ4n) is 1.41. The van der Waals surface area contributed by atoms with Crippen molar-refractivity contribution >= 4 is 23.1 Å². The van der Waals surface area contributed by atoms with Crippen LogP contribution in [0.2, 0.25) is 0 Å². The molecule has 0 saturated heterocycles. The van der Waals surface area contributed by atoms with Gasteiger partial charge in [0, 0.05) is 16.0 Å². The number of aryl methyl sites for hydroxylation is 1. The first-order valence-corrected chi connectivity index (χ1v) is 6.24. The summed E-state index contributed by atoms with van der Waals surface area (Å²) in [6.45, 7) is 2.93. The number of rotatable bonds is 5. The molecule has 0 fully saturated rings. The van der Waals surface area contributed by atoms with Gasteiger partial charge in [0.2, 0.25) is 5.95 Å². The lowest BCUT2D eigenvalue weighted by molar-refractivity contribution is 1.08. The highest BCUT2D eigenvalue weighted by Crippen LogP contribution is 2.18. The molecule has 0 saturated carbocycles. The van der Waals surface area contributed by atoms with Crippen LogP contribution in [0, 0.1) is 0 Å². The van der Waals surface area contributed by atoms with E-state index < -0.39 is 0 Å². The summed E-state index contributed by atoms with van der Waals surface area (Å²) in [6, 6.07) is 6.11. The number of aromatic nitrogens is 2. The number of nitrogens with one attached hydrogen (secondary N) is 2.